The number of fused-ring (bicyclic) bond motifs is 1. The summed E-state index contributed by atoms with van der Waals surface area (Å²) in [5.41, 5.74) is 2.22. The van der Waals surface area contributed by atoms with E-state index in [1.165, 1.54) is 5.56 Å². The smallest absolute Gasteiger partial charge is 0.305 e. The first-order valence-electron chi connectivity index (χ1n) is 5.02. The van der Waals surface area contributed by atoms with Crippen LogP contribution in [-0.4, -0.2) is 23.7 Å². The van der Waals surface area contributed by atoms with Gasteiger partial charge in [-0.25, -0.2) is 0 Å². The van der Waals surface area contributed by atoms with Crippen molar-refractivity contribution in [2.75, 3.05) is 11.9 Å². The average molecular weight is 206 g/mol. The summed E-state index contributed by atoms with van der Waals surface area (Å²) < 4.78 is 0. The van der Waals surface area contributed by atoms with E-state index in [1.54, 1.807) is 0 Å². The summed E-state index contributed by atoms with van der Waals surface area (Å²) in [4.78, 5) is 10.6. The van der Waals surface area contributed by atoms with Crippen molar-refractivity contribution in [2.45, 2.75) is 19.0 Å². The SMILES string of the molecule is O=C(O)C[C@H]1CNCc2ccccc2N1. The summed E-state index contributed by atoms with van der Waals surface area (Å²) in [5, 5.41) is 15.2. The Kier molecular flexibility index (Phi) is 2.87. The molecule has 3 N–H and O–H groups in total. The van der Waals surface area contributed by atoms with E-state index >= 15 is 0 Å². The Balaban J connectivity index is 2.13. The normalized spacial score (nSPS) is 19.9. The number of benzene rings is 1. The summed E-state index contributed by atoms with van der Waals surface area (Å²) in [6.07, 6.45) is 0.140. The molecule has 15 heavy (non-hydrogen) atoms. The highest BCUT2D eigenvalue weighted by Crippen LogP contribution is 2.18. The van der Waals surface area contributed by atoms with Gasteiger partial charge >= 0.3 is 5.97 Å². The van der Waals surface area contributed by atoms with E-state index in [4.69, 9.17) is 5.11 Å². The third kappa shape index (κ3) is 2.47. The topological polar surface area (TPSA) is 61.4 Å². The largest absolute Gasteiger partial charge is 0.481 e. The molecular formula is C11H14N2O2. The zero-order valence-electron chi connectivity index (χ0n) is 8.36. The summed E-state index contributed by atoms with van der Waals surface area (Å²) >= 11 is 0. The number of hydrogen-bond acceptors (Lipinski definition) is 3. The molecule has 0 fully saturated rings. The van der Waals surface area contributed by atoms with Crippen molar-refractivity contribution < 1.29 is 9.90 Å². The molecular weight excluding hydrogens is 192 g/mol. The molecule has 0 radical (unpaired) electrons. The molecule has 0 amide bonds. The van der Waals surface area contributed by atoms with E-state index in [1.807, 2.05) is 24.3 Å². The van der Waals surface area contributed by atoms with Crippen LogP contribution in [0.5, 0.6) is 0 Å². The Hall–Kier alpha value is -1.55. The first-order valence-corrected chi connectivity index (χ1v) is 5.02. The second-order valence-corrected chi connectivity index (χ2v) is 3.73. The molecule has 0 unspecified atom stereocenters. The summed E-state index contributed by atoms with van der Waals surface area (Å²) in [7, 11) is 0. The van der Waals surface area contributed by atoms with Crippen molar-refractivity contribution in [3.05, 3.63) is 29.8 Å². The molecule has 4 nitrogen and oxygen atoms in total. The fourth-order valence-corrected chi connectivity index (χ4v) is 1.80. The highest BCUT2D eigenvalue weighted by Gasteiger charge is 2.17. The predicted molar refractivity (Wildman–Crippen MR) is 57.8 cm³/mol. The van der Waals surface area contributed by atoms with Gasteiger partial charge in [-0.15, -0.1) is 0 Å². The molecule has 0 spiro atoms. The van der Waals surface area contributed by atoms with Gasteiger partial charge in [-0.1, -0.05) is 18.2 Å². The lowest BCUT2D eigenvalue weighted by molar-refractivity contribution is -0.137. The second-order valence-electron chi connectivity index (χ2n) is 3.73. The molecule has 1 aliphatic heterocycles. The number of carbonyl (C=O) groups is 1. The molecule has 0 saturated carbocycles. The molecule has 2 rings (SSSR count). The lowest BCUT2D eigenvalue weighted by atomic mass is 10.1. The van der Waals surface area contributed by atoms with Crippen LogP contribution >= 0.6 is 0 Å². The van der Waals surface area contributed by atoms with Gasteiger partial charge in [0.15, 0.2) is 0 Å². The maximum Gasteiger partial charge on any atom is 0.305 e. The molecule has 4 heteroatoms. The molecule has 1 aliphatic rings. The van der Waals surface area contributed by atoms with Crippen molar-refractivity contribution in [2.24, 2.45) is 0 Å². The molecule has 0 aliphatic carbocycles. The highest BCUT2D eigenvalue weighted by atomic mass is 16.4. The van der Waals surface area contributed by atoms with Crippen LogP contribution in [-0.2, 0) is 11.3 Å². The molecule has 1 atom stereocenters. The van der Waals surface area contributed by atoms with Gasteiger partial charge in [-0.3, -0.25) is 4.79 Å². The minimum atomic E-state index is -0.770. The van der Waals surface area contributed by atoms with Crippen molar-refractivity contribution >= 4 is 11.7 Å². The predicted octanol–water partition coefficient (Wildman–Crippen LogP) is 1.04. The van der Waals surface area contributed by atoms with Crippen molar-refractivity contribution in [3.63, 3.8) is 0 Å². The zero-order chi connectivity index (χ0) is 10.7. The average Bonchev–Trinajstić information content (AvgIpc) is 2.38. The number of rotatable bonds is 2. The van der Waals surface area contributed by atoms with Crippen LogP contribution in [0.15, 0.2) is 24.3 Å². The van der Waals surface area contributed by atoms with Crippen molar-refractivity contribution in [1.82, 2.24) is 5.32 Å². The third-order valence-electron chi connectivity index (χ3n) is 2.50. The zero-order valence-corrected chi connectivity index (χ0v) is 8.36. The van der Waals surface area contributed by atoms with E-state index in [9.17, 15) is 4.79 Å². The Morgan fingerprint density at radius 3 is 3.07 bits per heavy atom. The molecule has 1 aromatic carbocycles. The van der Waals surface area contributed by atoms with Gasteiger partial charge in [0.2, 0.25) is 0 Å². The van der Waals surface area contributed by atoms with Crippen LogP contribution in [0.25, 0.3) is 0 Å². The number of aliphatic carboxylic acids is 1. The quantitative estimate of drug-likeness (QED) is 0.676. The van der Waals surface area contributed by atoms with Crippen LogP contribution in [0.2, 0.25) is 0 Å². The number of nitrogens with one attached hydrogen (secondary N) is 2. The Morgan fingerprint density at radius 1 is 1.47 bits per heavy atom. The molecule has 0 aromatic heterocycles. The highest BCUT2D eigenvalue weighted by molar-refractivity contribution is 5.68. The maximum atomic E-state index is 10.6. The van der Waals surface area contributed by atoms with Gasteiger partial charge < -0.3 is 15.7 Å². The van der Waals surface area contributed by atoms with E-state index in [0.717, 1.165) is 12.2 Å². The molecule has 0 saturated heterocycles. The molecule has 80 valence electrons. The number of anilines is 1. The van der Waals surface area contributed by atoms with E-state index in [2.05, 4.69) is 10.6 Å². The number of carboxylic acids is 1. The van der Waals surface area contributed by atoms with Crippen LogP contribution in [0.4, 0.5) is 5.69 Å². The number of para-hydroxylation sites is 1. The first-order chi connectivity index (χ1) is 7.25. The lowest BCUT2D eigenvalue weighted by Gasteiger charge is -2.15. The first kappa shape index (κ1) is 9.98. The van der Waals surface area contributed by atoms with E-state index in [-0.39, 0.29) is 12.5 Å². The van der Waals surface area contributed by atoms with Gasteiger partial charge in [0.1, 0.15) is 0 Å². The second kappa shape index (κ2) is 4.31. The van der Waals surface area contributed by atoms with Crippen LogP contribution < -0.4 is 10.6 Å². The van der Waals surface area contributed by atoms with Gasteiger partial charge in [0.25, 0.3) is 0 Å². The molecule has 1 heterocycles. The fraction of sp³-hybridized carbons (Fsp3) is 0.364. The number of carboxylic acid groups (broad SMARTS) is 1. The van der Waals surface area contributed by atoms with Crippen molar-refractivity contribution in [3.8, 4) is 0 Å². The third-order valence-corrected chi connectivity index (χ3v) is 2.50. The molecule has 0 bridgehead atoms. The van der Waals surface area contributed by atoms with E-state index < -0.39 is 5.97 Å². The minimum absolute atomic E-state index is 0.0360. The Morgan fingerprint density at radius 2 is 2.27 bits per heavy atom. The van der Waals surface area contributed by atoms with E-state index in [0.29, 0.717) is 6.54 Å². The lowest BCUT2D eigenvalue weighted by Crippen LogP contribution is -2.31. The van der Waals surface area contributed by atoms with Crippen LogP contribution in [0, 0.1) is 0 Å². The van der Waals surface area contributed by atoms with Gasteiger partial charge in [-0.05, 0) is 11.6 Å². The fourth-order valence-electron chi connectivity index (χ4n) is 1.80. The van der Waals surface area contributed by atoms with Crippen LogP contribution in [0.3, 0.4) is 0 Å². The standard InChI is InChI=1S/C11H14N2O2/c14-11(15)5-9-7-12-6-8-3-1-2-4-10(8)13-9/h1-4,9,12-13H,5-7H2,(H,14,15)/t9-/m0/s1. The number of hydrogen-bond donors (Lipinski definition) is 3. The monoisotopic (exact) mass is 206 g/mol. The minimum Gasteiger partial charge on any atom is -0.481 e. The summed E-state index contributed by atoms with van der Waals surface area (Å²) in [6, 6.07) is 7.93. The van der Waals surface area contributed by atoms with Gasteiger partial charge in [0, 0.05) is 24.8 Å². The Labute approximate surface area is 88.3 Å². The maximum absolute atomic E-state index is 10.6. The van der Waals surface area contributed by atoms with Crippen LogP contribution in [0.1, 0.15) is 12.0 Å². The summed E-state index contributed by atoms with van der Waals surface area (Å²) in [6.45, 7) is 1.47. The van der Waals surface area contributed by atoms with Gasteiger partial charge in [-0.2, -0.15) is 0 Å². The Bertz CT molecular complexity index is 365. The van der Waals surface area contributed by atoms with Gasteiger partial charge in [0.05, 0.1) is 6.42 Å². The molecule has 1 aromatic rings. The van der Waals surface area contributed by atoms with Crippen molar-refractivity contribution in [1.29, 1.82) is 0 Å². The summed E-state index contributed by atoms with van der Waals surface area (Å²) in [5.74, 6) is -0.770.